The molecule has 1 N–H and O–H groups in total. The van der Waals surface area contributed by atoms with Gasteiger partial charge in [-0.2, -0.15) is 0 Å². The van der Waals surface area contributed by atoms with E-state index in [1.54, 1.807) is 23.9 Å². The van der Waals surface area contributed by atoms with Gasteiger partial charge in [0.25, 0.3) is 0 Å². The molecule has 7 heteroatoms. The van der Waals surface area contributed by atoms with Crippen molar-refractivity contribution >= 4 is 23.7 Å². The monoisotopic (exact) mass is 371 g/mol. The molecule has 1 aromatic heterocycles. The van der Waals surface area contributed by atoms with Crippen LogP contribution in [0.15, 0.2) is 63.9 Å². The smallest absolute Gasteiger partial charge is 0.322 e. The molecule has 0 aliphatic heterocycles. The van der Waals surface area contributed by atoms with E-state index in [9.17, 15) is 9.18 Å². The minimum Gasteiger partial charge on any atom is -0.407 e. The van der Waals surface area contributed by atoms with Crippen LogP contribution >= 0.6 is 11.8 Å². The van der Waals surface area contributed by atoms with E-state index in [0.29, 0.717) is 18.7 Å². The van der Waals surface area contributed by atoms with Crippen molar-refractivity contribution in [3.8, 4) is 0 Å². The largest absolute Gasteiger partial charge is 0.407 e. The summed E-state index contributed by atoms with van der Waals surface area (Å²) in [6, 6.07) is 16.2. The molecule has 1 heterocycles. The molecule has 0 radical (unpaired) electrons. The first-order valence-electron chi connectivity index (χ1n) is 8.23. The molecule has 0 saturated heterocycles. The van der Waals surface area contributed by atoms with Crippen LogP contribution in [0.4, 0.5) is 10.4 Å². The molecule has 3 rings (SSSR count). The summed E-state index contributed by atoms with van der Waals surface area (Å²) in [5.41, 5.74) is 0.853. The topological polar surface area (TPSA) is 68.0 Å². The fourth-order valence-corrected chi connectivity index (χ4v) is 3.15. The molecule has 0 aliphatic rings. The number of halogens is 1. The van der Waals surface area contributed by atoms with E-state index in [1.165, 1.54) is 17.0 Å². The highest BCUT2D eigenvalue weighted by atomic mass is 32.2. The van der Waals surface area contributed by atoms with Crippen molar-refractivity contribution in [1.82, 2.24) is 10.2 Å². The SMILES string of the molecule is O=C(CCCSc1ccccc1)Nc1nnc(Cc2ccc(F)cc2)o1. The molecule has 26 heavy (non-hydrogen) atoms. The molecule has 0 spiro atoms. The van der Waals surface area contributed by atoms with Crippen molar-refractivity contribution in [1.29, 1.82) is 0 Å². The first kappa shape index (κ1) is 18.1. The third-order valence-corrected chi connectivity index (χ3v) is 4.64. The van der Waals surface area contributed by atoms with Gasteiger partial charge in [0, 0.05) is 11.3 Å². The first-order valence-corrected chi connectivity index (χ1v) is 9.22. The minimum atomic E-state index is -0.294. The van der Waals surface area contributed by atoms with Gasteiger partial charge in [-0.3, -0.25) is 10.1 Å². The highest BCUT2D eigenvalue weighted by Gasteiger charge is 2.10. The summed E-state index contributed by atoms with van der Waals surface area (Å²) in [5, 5.41) is 10.3. The van der Waals surface area contributed by atoms with Gasteiger partial charge in [-0.15, -0.1) is 16.9 Å². The Morgan fingerprint density at radius 2 is 1.85 bits per heavy atom. The molecule has 2 aromatic carbocycles. The lowest BCUT2D eigenvalue weighted by atomic mass is 10.1. The molecule has 0 unspecified atom stereocenters. The van der Waals surface area contributed by atoms with Crippen LogP contribution < -0.4 is 5.32 Å². The lowest BCUT2D eigenvalue weighted by molar-refractivity contribution is -0.116. The Labute approximate surface area is 155 Å². The number of hydrogen-bond acceptors (Lipinski definition) is 5. The summed E-state index contributed by atoms with van der Waals surface area (Å²) in [6.45, 7) is 0. The van der Waals surface area contributed by atoms with Gasteiger partial charge in [0.15, 0.2) is 0 Å². The number of nitrogens with one attached hydrogen (secondary N) is 1. The maximum atomic E-state index is 12.9. The Morgan fingerprint density at radius 1 is 1.08 bits per heavy atom. The number of thioether (sulfide) groups is 1. The van der Waals surface area contributed by atoms with Crippen LogP contribution in [0.2, 0.25) is 0 Å². The molecule has 0 bridgehead atoms. The van der Waals surface area contributed by atoms with Crippen molar-refractivity contribution in [2.24, 2.45) is 0 Å². The lowest BCUT2D eigenvalue weighted by Gasteiger charge is -2.02. The van der Waals surface area contributed by atoms with Gasteiger partial charge in [0.2, 0.25) is 11.8 Å². The van der Waals surface area contributed by atoms with Crippen LogP contribution in [-0.2, 0) is 11.2 Å². The number of benzene rings is 2. The summed E-state index contributed by atoms with van der Waals surface area (Å²) in [7, 11) is 0. The molecule has 3 aromatic rings. The maximum Gasteiger partial charge on any atom is 0.322 e. The number of carbonyl (C=O) groups excluding carboxylic acids is 1. The predicted molar refractivity (Wildman–Crippen MR) is 98.5 cm³/mol. The number of rotatable bonds is 8. The highest BCUT2D eigenvalue weighted by molar-refractivity contribution is 7.99. The summed E-state index contributed by atoms with van der Waals surface area (Å²) < 4.78 is 18.3. The summed E-state index contributed by atoms with van der Waals surface area (Å²) in [4.78, 5) is 13.1. The number of nitrogens with zero attached hydrogens (tertiary/aromatic N) is 2. The van der Waals surface area contributed by atoms with E-state index < -0.39 is 0 Å². The molecule has 0 fully saturated rings. The van der Waals surface area contributed by atoms with Gasteiger partial charge < -0.3 is 4.42 Å². The van der Waals surface area contributed by atoms with E-state index >= 15 is 0 Å². The fraction of sp³-hybridized carbons (Fsp3) is 0.211. The number of hydrogen-bond donors (Lipinski definition) is 1. The Morgan fingerprint density at radius 3 is 2.62 bits per heavy atom. The van der Waals surface area contributed by atoms with Crippen LogP contribution in [0.3, 0.4) is 0 Å². The zero-order chi connectivity index (χ0) is 18.2. The second-order valence-electron chi connectivity index (χ2n) is 5.62. The molecule has 134 valence electrons. The summed E-state index contributed by atoms with van der Waals surface area (Å²) in [5.74, 6) is 0.775. The average molecular weight is 371 g/mol. The van der Waals surface area contributed by atoms with Crippen molar-refractivity contribution < 1.29 is 13.6 Å². The van der Waals surface area contributed by atoms with Gasteiger partial charge in [-0.1, -0.05) is 35.4 Å². The second-order valence-corrected chi connectivity index (χ2v) is 6.79. The normalized spacial score (nSPS) is 10.7. The maximum absolute atomic E-state index is 12.9. The molecule has 0 atom stereocenters. The van der Waals surface area contributed by atoms with E-state index in [1.807, 2.05) is 30.3 Å². The Bertz CT molecular complexity index is 838. The zero-order valence-electron chi connectivity index (χ0n) is 14.0. The first-order chi connectivity index (χ1) is 12.7. The van der Waals surface area contributed by atoms with E-state index in [-0.39, 0.29) is 17.7 Å². The van der Waals surface area contributed by atoms with Gasteiger partial charge >= 0.3 is 6.01 Å². The van der Waals surface area contributed by atoms with E-state index in [4.69, 9.17) is 4.42 Å². The van der Waals surface area contributed by atoms with Gasteiger partial charge in [0.1, 0.15) is 5.82 Å². The molecule has 0 saturated carbocycles. The number of anilines is 1. The average Bonchev–Trinajstić information content (AvgIpc) is 3.08. The number of amides is 1. The van der Waals surface area contributed by atoms with Crippen molar-refractivity contribution in [3.63, 3.8) is 0 Å². The van der Waals surface area contributed by atoms with Crippen molar-refractivity contribution in [2.45, 2.75) is 24.2 Å². The Hall–Kier alpha value is -2.67. The van der Waals surface area contributed by atoms with Gasteiger partial charge in [-0.25, -0.2) is 4.39 Å². The molecule has 0 aliphatic carbocycles. The standard InChI is InChI=1S/C19H18FN3O2S/c20-15-10-8-14(9-11-15)13-18-22-23-19(25-18)21-17(24)7-4-12-26-16-5-2-1-3-6-16/h1-3,5-6,8-11H,4,7,12-13H2,(H,21,23,24). The predicted octanol–water partition coefficient (Wildman–Crippen LogP) is 4.31. The van der Waals surface area contributed by atoms with E-state index in [0.717, 1.165) is 17.7 Å². The summed E-state index contributed by atoms with van der Waals surface area (Å²) in [6.07, 6.45) is 1.52. The van der Waals surface area contributed by atoms with Crippen LogP contribution in [0.25, 0.3) is 0 Å². The van der Waals surface area contributed by atoms with Crippen LogP contribution in [-0.4, -0.2) is 21.9 Å². The fourth-order valence-electron chi connectivity index (χ4n) is 2.27. The zero-order valence-corrected chi connectivity index (χ0v) is 14.8. The van der Waals surface area contributed by atoms with Gasteiger partial charge in [0.05, 0.1) is 6.42 Å². The minimum absolute atomic E-state index is 0.0859. The van der Waals surface area contributed by atoms with E-state index in [2.05, 4.69) is 15.5 Å². The second kappa shape index (κ2) is 9.15. The summed E-state index contributed by atoms with van der Waals surface area (Å²) >= 11 is 1.72. The molecule has 5 nitrogen and oxygen atoms in total. The quantitative estimate of drug-likeness (QED) is 0.472. The lowest BCUT2D eigenvalue weighted by Crippen LogP contribution is -2.11. The third kappa shape index (κ3) is 5.70. The van der Waals surface area contributed by atoms with Crippen LogP contribution in [0.1, 0.15) is 24.3 Å². The highest BCUT2D eigenvalue weighted by Crippen LogP contribution is 2.18. The molecular formula is C19H18FN3O2S. The van der Waals surface area contributed by atoms with Crippen LogP contribution in [0.5, 0.6) is 0 Å². The van der Waals surface area contributed by atoms with Crippen LogP contribution in [0, 0.1) is 5.82 Å². The van der Waals surface area contributed by atoms with Gasteiger partial charge in [-0.05, 0) is 42.0 Å². The molecule has 1 amide bonds. The third-order valence-electron chi connectivity index (χ3n) is 3.54. The Balaban J connectivity index is 1.40. The number of carbonyl (C=O) groups is 1. The van der Waals surface area contributed by atoms with Crippen molar-refractivity contribution in [2.75, 3.05) is 11.1 Å². The Kier molecular flexibility index (Phi) is 6.38. The molecular weight excluding hydrogens is 353 g/mol. The number of aromatic nitrogens is 2. The van der Waals surface area contributed by atoms with Crippen molar-refractivity contribution in [3.05, 3.63) is 71.9 Å².